The van der Waals surface area contributed by atoms with Crippen molar-refractivity contribution in [3.05, 3.63) is 21.7 Å². The molecule has 1 unspecified atom stereocenters. The van der Waals surface area contributed by atoms with E-state index in [0.29, 0.717) is 25.5 Å². The van der Waals surface area contributed by atoms with Gasteiger partial charge in [-0.05, 0) is 41.5 Å². The van der Waals surface area contributed by atoms with Crippen LogP contribution in [0.5, 0.6) is 0 Å². The van der Waals surface area contributed by atoms with Crippen LogP contribution in [-0.4, -0.2) is 45.3 Å². The number of anilines is 1. The molecule has 0 aromatic carbocycles. The Hall–Kier alpha value is -1.58. The highest BCUT2D eigenvalue weighted by Crippen LogP contribution is 2.32. The standard InChI is InChI=1S/C15H20IN5O2/c1-2-3-6-23-15(22)20-5-4-10(8-20)12-7-11(16)13-14(17)18-9-19-21(12)13/h7,9-10H,2-6,8H2,1H3,(H2,17,18,19). The van der Waals surface area contributed by atoms with Crippen LogP contribution >= 0.6 is 22.6 Å². The lowest BCUT2D eigenvalue weighted by molar-refractivity contribution is 0.109. The van der Waals surface area contributed by atoms with Crippen LogP contribution in [-0.2, 0) is 4.74 Å². The summed E-state index contributed by atoms with van der Waals surface area (Å²) in [6, 6.07) is 2.08. The predicted molar refractivity (Wildman–Crippen MR) is 95.3 cm³/mol. The third-order valence-corrected chi connectivity index (χ3v) is 4.97. The number of hydrogen-bond acceptors (Lipinski definition) is 5. The molecule has 8 heteroatoms. The van der Waals surface area contributed by atoms with Gasteiger partial charge in [-0.2, -0.15) is 5.10 Å². The Bertz CT molecular complexity index is 717. The van der Waals surface area contributed by atoms with Gasteiger partial charge in [-0.15, -0.1) is 0 Å². The largest absolute Gasteiger partial charge is 0.449 e. The number of hydrogen-bond donors (Lipinski definition) is 1. The van der Waals surface area contributed by atoms with E-state index < -0.39 is 0 Å². The van der Waals surface area contributed by atoms with E-state index in [-0.39, 0.29) is 12.0 Å². The van der Waals surface area contributed by atoms with Gasteiger partial charge >= 0.3 is 6.09 Å². The second kappa shape index (κ2) is 6.90. The number of unbranched alkanes of at least 4 members (excludes halogenated alkanes) is 1. The van der Waals surface area contributed by atoms with Gasteiger partial charge < -0.3 is 15.4 Å². The molecule has 2 aromatic heterocycles. The van der Waals surface area contributed by atoms with Crippen LogP contribution < -0.4 is 5.73 Å². The summed E-state index contributed by atoms with van der Waals surface area (Å²) >= 11 is 2.25. The molecule has 0 spiro atoms. The number of nitrogen functional groups attached to an aromatic ring is 1. The van der Waals surface area contributed by atoms with E-state index in [4.69, 9.17) is 10.5 Å². The first-order chi connectivity index (χ1) is 11.1. The quantitative estimate of drug-likeness (QED) is 0.597. The van der Waals surface area contributed by atoms with Crippen molar-refractivity contribution in [3.63, 3.8) is 0 Å². The molecule has 1 amide bonds. The molecule has 2 N–H and O–H groups in total. The minimum Gasteiger partial charge on any atom is -0.449 e. The van der Waals surface area contributed by atoms with E-state index in [2.05, 4.69) is 45.7 Å². The predicted octanol–water partition coefficient (Wildman–Crippen LogP) is 2.64. The first-order valence-electron chi connectivity index (χ1n) is 7.81. The number of ether oxygens (including phenoxy) is 1. The number of nitrogens with two attached hydrogens (primary N) is 1. The molecule has 1 aliphatic rings. The van der Waals surface area contributed by atoms with Crippen molar-refractivity contribution in [2.45, 2.75) is 32.1 Å². The molecule has 23 heavy (non-hydrogen) atoms. The van der Waals surface area contributed by atoms with Gasteiger partial charge in [0.2, 0.25) is 0 Å². The number of aromatic nitrogens is 3. The summed E-state index contributed by atoms with van der Waals surface area (Å²) in [5.41, 5.74) is 7.86. The van der Waals surface area contributed by atoms with Crippen LogP contribution in [0.15, 0.2) is 12.4 Å². The van der Waals surface area contributed by atoms with Gasteiger partial charge in [-0.25, -0.2) is 14.3 Å². The second-order valence-corrected chi connectivity index (χ2v) is 6.88. The molecule has 0 aliphatic carbocycles. The maximum Gasteiger partial charge on any atom is 0.409 e. The van der Waals surface area contributed by atoms with Crippen LogP contribution in [0.3, 0.4) is 0 Å². The summed E-state index contributed by atoms with van der Waals surface area (Å²) in [5.74, 6) is 0.712. The van der Waals surface area contributed by atoms with Crippen molar-refractivity contribution in [2.75, 3.05) is 25.4 Å². The number of amides is 1. The summed E-state index contributed by atoms with van der Waals surface area (Å²) in [6.45, 7) is 3.93. The van der Waals surface area contributed by atoms with Crippen LogP contribution in [0.25, 0.3) is 5.52 Å². The lowest BCUT2D eigenvalue weighted by Gasteiger charge is -2.16. The normalized spacial score (nSPS) is 17.8. The molecule has 1 aliphatic heterocycles. The molecule has 0 bridgehead atoms. The first kappa shape index (κ1) is 16.3. The van der Waals surface area contributed by atoms with Gasteiger partial charge in [0.05, 0.1) is 6.61 Å². The highest BCUT2D eigenvalue weighted by Gasteiger charge is 2.31. The third kappa shape index (κ3) is 3.22. The minimum absolute atomic E-state index is 0.217. The third-order valence-electron chi connectivity index (χ3n) is 4.15. The van der Waals surface area contributed by atoms with Crippen LogP contribution in [0.2, 0.25) is 0 Å². The monoisotopic (exact) mass is 429 g/mol. The number of carbonyl (C=O) groups is 1. The summed E-state index contributed by atoms with van der Waals surface area (Å²) in [5, 5.41) is 4.32. The minimum atomic E-state index is -0.217. The zero-order valence-corrected chi connectivity index (χ0v) is 15.2. The average Bonchev–Trinajstić information content (AvgIpc) is 3.13. The Labute approximate surface area is 148 Å². The van der Waals surface area contributed by atoms with Crippen molar-refractivity contribution in [1.29, 1.82) is 0 Å². The SMILES string of the molecule is CCCCOC(=O)N1CCC(c2cc(I)c3c(N)ncnn23)C1. The smallest absolute Gasteiger partial charge is 0.409 e. The Kier molecular flexibility index (Phi) is 4.88. The van der Waals surface area contributed by atoms with E-state index >= 15 is 0 Å². The molecular weight excluding hydrogens is 409 g/mol. The summed E-state index contributed by atoms with van der Waals surface area (Å²) < 4.78 is 8.17. The van der Waals surface area contributed by atoms with Gasteiger partial charge in [0, 0.05) is 28.3 Å². The van der Waals surface area contributed by atoms with Gasteiger partial charge in [-0.3, -0.25) is 0 Å². The van der Waals surface area contributed by atoms with Crippen molar-refractivity contribution < 1.29 is 9.53 Å². The van der Waals surface area contributed by atoms with Gasteiger partial charge in [-0.1, -0.05) is 13.3 Å². The lowest BCUT2D eigenvalue weighted by atomic mass is 10.1. The van der Waals surface area contributed by atoms with Crippen LogP contribution in [0.1, 0.15) is 37.8 Å². The number of halogens is 1. The Morgan fingerprint density at radius 3 is 3.17 bits per heavy atom. The van der Waals surface area contributed by atoms with E-state index in [1.165, 1.54) is 6.33 Å². The van der Waals surface area contributed by atoms with Crippen LogP contribution in [0, 0.1) is 3.57 Å². The zero-order valence-electron chi connectivity index (χ0n) is 13.0. The highest BCUT2D eigenvalue weighted by atomic mass is 127. The van der Waals surface area contributed by atoms with E-state index in [1.54, 1.807) is 4.90 Å². The summed E-state index contributed by atoms with van der Waals surface area (Å²) in [4.78, 5) is 17.9. The fourth-order valence-corrected chi connectivity index (χ4v) is 3.72. The molecule has 0 radical (unpaired) electrons. The molecule has 2 aromatic rings. The van der Waals surface area contributed by atoms with Crippen molar-refractivity contribution in [1.82, 2.24) is 19.5 Å². The molecule has 1 fully saturated rings. The number of rotatable bonds is 4. The average molecular weight is 429 g/mol. The molecule has 1 atom stereocenters. The maximum absolute atomic E-state index is 12.1. The van der Waals surface area contributed by atoms with Crippen molar-refractivity contribution in [2.24, 2.45) is 0 Å². The topological polar surface area (TPSA) is 85.8 Å². The highest BCUT2D eigenvalue weighted by molar-refractivity contribution is 14.1. The maximum atomic E-state index is 12.1. The molecule has 1 saturated heterocycles. The molecule has 124 valence electrons. The first-order valence-corrected chi connectivity index (χ1v) is 8.89. The fraction of sp³-hybridized carbons (Fsp3) is 0.533. The van der Waals surface area contributed by atoms with Gasteiger partial charge in [0.15, 0.2) is 5.82 Å². The molecular formula is C15H20IN5O2. The zero-order chi connectivity index (χ0) is 16.4. The van der Waals surface area contributed by atoms with Gasteiger partial charge in [0.25, 0.3) is 0 Å². The molecule has 0 saturated carbocycles. The Morgan fingerprint density at radius 2 is 2.39 bits per heavy atom. The lowest BCUT2D eigenvalue weighted by Crippen LogP contribution is -2.29. The van der Waals surface area contributed by atoms with Crippen molar-refractivity contribution >= 4 is 40.0 Å². The van der Waals surface area contributed by atoms with E-state index in [1.807, 2.05) is 4.52 Å². The van der Waals surface area contributed by atoms with Crippen LogP contribution in [0.4, 0.5) is 10.6 Å². The van der Waals surface area contributed by atoms with E-state index in [9.17, 15) is 4.79 Å². The fourth-order valence-electron chi connectivity index (χ4n) is 2.90. The number of carbonyl (C=O) groups excluding carboxylic acids is 1. The summed E-state index contributed by atoms with van der Waals surface area (Å²) in [7, 11) is 0. The number of fused-ring (bicyclic) bond motifs is 1. The second-order valence-electron chi connectivity index (χ2n) is 5.72. The molecule has 3 heterocycles. The number of likely N-dealkylation sites (tertiary alicyclic amines) is 1. The molecule has 7 nitrogen and oxygen atoms in total. The van der Waals surface area contributed by atoms with E-state index in [0.717, 1.165) is 34.0 Å². The summed E-state index contributed by atoms with van der Waals surface area (Å²) in [6.07, 6.45) is 4.07. The van der Waals surface area contributed by atoms with Gasteiger partial charge in [0.1, 0.15) is 11.8 Å². The van der Waals surface area contributed by atoms with Crippen molar-refractivity contribution in [3.8, 4) is 0 Å². The number of nitrogens with zero attached hydrogens (tertiary/aromatic N) is 4. The Morgan fingerprint density at radius 1 is 1.57 bits per heavy atom. The Balaban J connectivity index is 1.75. The molecule has 3 rings (SSSR count).